The van der Waals surface area contributed by atoms with Crippen molar-refractivity contribution < 1.29 is 9.59 Å². The molecule has 0 bridgehead atoms. The van der Waals surface area contributed by atoms with Crippen LogP contribution in [-0.2, 0) is 11.3 Å². The van der Waals surface area contributed by atoms with E-state index in [1.54, 1.807) is 0 Å². The van der Waals surface area contributed by atoms with E-state index in [-0.39, 0.29) is 11.9 Å². The van der Waals surface area contributed by atoms with Crippen molar-refractivity contribution in [1.29, 1.82) is 0 Å². The molecule has 2 aromatic carbocycles. The van der Waals surface area contributed by atoms with Crippen LogP contribution in [0, 0.1) is 6.92 Å². The van der Waals surface area contributed by atoms with E-state index in [1.165, 1.54) is 0 Å². The van der Waals surface area contributed by atoms with Crippen LogP contribution in [0.25, 0.3) is 0 Å². The maximum absolute atomic E-state index is 13.0. The lowest BCUT2D eigenvalue weighted by Gasteiger charge is -2.36. The second kappa shape index (κ2) is 8.71. The summed E-state index contributed by atoms with van der Waals surface area (Å²) in [5.41, 5.74) is 2.04. The molecule has 5 nitrogen and oxygen atoms in total. The Labute approximate surface area is 160 Å². The molecule has 3 N–H and O–H groups in total. The minimum absolute atomic E-state index is 0.106. The number of carbonyl (C=O) groups is 2. The molecular weight excluding hydrogens is 338 g/mol. The Balaban J connectivity index is 1.65. The first-order valence-corrected chi connectivity index (χ1v) is 9.55. The predicted molar refractivity (Wildman–Crippen MR) is 107 cm³/mol. The summed E-state index contributed by atoms with van der Waals surface area (Å²) in [6.07, 6.45) is 4.28. The Morgan fingerprint density at radius 3 is 2.26 bits per heavy atom. The van der Waals surface area contributed by atoms with Gasteiger partial charge in [0, 0.05) is 12.2 Å². The lowest BCUT2D eigenvalue weighted by molar-refractivity contribution is -0.128. The van der Waals surface area contributed by atoms with Gasteiger partial charge in [-0.1, -0.05) is 67.3 Å². The number of carbonyl (C=O) groups excluding carboxylic acids is 2. The number of hydrogen-bond acceptors (Lipinski definition) is 2. The zero-order valence-corrected chi connectivity index (χ0v) is 15.8. The number of rotatable bonds is 5. The fourth-order valence-corrected chi connectivity index (χ4v) is 3.53. The van der Waals surface area contributed by atoms with Crippen LogP contribution in [0.2, 0.25) is 0 Å². The van der Waals surface area contributed by atoms with Gasteiger partial charge in [0.25, 0.3) is 0 Å². The Morgan fingerprint density at radius 2 is 1.59 bits per heavy atom. The van der Waals surface area contributed by atoms with E-state index in [0.717, 1.165) is 30.4 Å². The number of hydrogen-bond donors (Lipinski definition) is 3. The zero-order valence-electron chi connectivity index (χ0n) is 15.8. The van der Waals surface area contributed by atoms with E-state index >= 15 is 0 Å². The molecule has 0 spiro atoms. The highest BCUT2D eigenvalue weighted by atomic mass is 16.2. The number of anilines is 1. The molecule has 3 amide bonds. The molecule has 142 valence electrons. The van der Waals surface area contributed by atoms with Gasteiger partial charge in [-0.15, -0.1) is 0 Å². The normalized spacial score (nSPS) is 15.6. The van der Waals surface area contributed by atoms with Crippen LogP contribution in [0.1, 0.15) is 43.2 Å². The Kier molecular flexibility index (Phi) is 6.12. The molecule has 1 aliphatic carbocycles. The summed E-state index contributed by atoms with van der Waals surface area (Å²) in [6.45, 7) is 2.46. The van der Waals surface area contributed by atoms with Crippen molar-refractivity contribution in [2.45, 2.75) is 51.1 Å². The third kappa shape index (κ3) is 5.09. The van der Waals surface area contributed by atoms with Crippen molar-refractivity contribution in [3.8, 4) is 0 Å². The molecule has 1 fully saturated rings. The molecule has 0 radical (unpaired) electrons. The summed E-state index contributed by atoms with van der Waals surface area (Å²) in [6, 6.07) is 17.1. The largest absolute Gasteiger partial charge is 0.350 e. The molecule has 0 heterocycles. The Morgan fingerprint density at radius 1 is 0.926 bits per heavy atom. The van der Waals surface area contributed by atoms with Gasteiger partial charge < -0.3 is 16.0 Å². The van der Waals surface area contributed by atoms with Crippen LogP contribution in [0.3, 0.4) is 0 Å². The molecule has 1 aliphatic rings. The first-order valence-electron chi connectivity index (χ1n) is 9.55. The number of amides is 3. The van der Waals surface area contributed by atoms with Crippen molar-refractivity contribution in [2.24, 2.45) is 0 Å². The summed E-state index contributed by atoms with van der Waals surface area (Å²) in [7, 11) is 0. The molecule has 27 heavy (non-hydrogen) atoms. The summed E-state index contributed by atoms with van der Waals surface area (Å²) < 4.78 is 0. The van der Waals surface area contributed by atoms with Crippen molar-refractivity contribution in [3.05, 3.63) is 65.7 Å². The third-order valence-electron chi connectivity index (χ3n) is 5.10. The number of benzene rings is 2. The lowest BCUT2D eigenvalue weighted by atomic mass is 9.81. The number of nitrogens with one attached hydrogen (secondary N) is 3. The standard InChI is InChI=1S/C22H27N3O2/c1-17-10-12-19(13-11-17)24-21(27)25-22(14-6-3-7-15-22)20(26)23-16-18-8-4-2-5-9-18/h2,4-5,8-13H,3,6-7,14-16H2,1H3,(H,23,26)(H2,24,25,27). The Hall–Kier alpha value is -2.82. The first kappa shape index (κ1) is 19.0. The molecule has 3 rings (SSSR count). The summed E-state index contributed by atoms with van der Waals surface area (Å²) in [5, 5.41) is 8.81. The molecule has 0 aliphatic heterocycles. The number of urea groups is 1. The van der Waals surface area contributed by atoms with Gasteiger partial charge in [0.15, 0.2) is 0 Å². The van der Waals surface area contributed by atoms with Crippen LogP contribution < -0.4 is 16.0 Å². The average Bonchev–Trinajstić information content (AvgIpc) is 2.69. The molecular formula is C22H27N3O2. The first-order chi connectivity index (χ1) is 13.1. The molecule has 2 aromatic rings. The smallest absolute Gasteiger partial charge is 0.320 e. The van der Waals surface area contributed by atoms with E-state index in [1.807, 2.05) is 61.5 Å². The fraction of sp³-hybridized carbons (Fsp3) is 0.364. The van der Waals surface area contributed by atoms with Crippen molar-refractivity contribution in [1.82, 2.24) is 10.6 Å². The van der Waals surface area contributed by atoms with E-state index in [2.05, 4.69) is 16.0 Å². The molecule has 1 saturated carbocycles. The van der Waals surface area contributed by atoms with E-state index in [0.29, 0.717) is 25.1 Å². The summed E-state index contributed by atoms with van der Waals surface area (Å²) in [5.74, 6) is -0.106. The van der Waals surface area contributed by atoms with Gasteiger partial charge in [-0.25, -0.2) is 4.79 Å². The van der Waals surface area contributed by atoms with Gasteiger partial charge >= 0.3 is 6.03 Å². The van der Waals surface area contributed by atoms with Gasteiger partial charge in [-0.05, 0) is 37.5 Å². The van der Waals surface area contributed by atoms with E-state index in [9.17, 15) is 9.59 Å². The van der Waals surface area contributed by atoms with Gasteiger partial charge in [0.05, 0.1) is 0 Å². The van der Waals surface area contributed by atoms with Crippen LogP contribution in [0.4, 0.5) is 10.5 Å². The quantitative estimate of drug-likeness (QED) is 0.745. The summed E-state index contributed by atoms with van der Waals surface area (Å²) in [4.78, 5) is 25.5. The van der Waals surface area contributed by atoms with E-state index < -0.39 is 5.54 Å². The number of aryl methyl sites for hydroxylation is 1. The molecule has 0 unspecified atom stereocenters. The van der Waals surface area contributed by atoms with Crippen LogP contribution in [0.15, 0.2) is 54.6 Å². The van der Waals surface area contributed by atoms with Crippen molar-refractivity contribution >= 4 is 17.6 Å². The van der Waals surface area contributed by atoms with E-state index in [4.69, 9.17) is 0 Å². The maximum atomic E-state index is 13.0. The average molecular weight is 365 g/mol. The van der Waals surface area contributed by atoms with Crippen LogP contribution in [-0.4, -0.2) is 17.5 Å². The van der Waals surface area contributed by atoms with Crippen molar-refractivity contribution in [2.75, 3.05) is 5.32 Å². The third-order valence-corrected chi connectivity index (χ3v) is 5.10. The predicted octanol–water partition coefficient (Wildman–Crippen LogP) is 4.14. The minimum atomic E-state index is -0.845. The van der Waals surface area contributed by atoms with Gasteiger partial charge in [0.1, 0.15) is 5.54 Å². The highest BCUT2D eigenvalue weighted by Crippen LogP contribution is 2.29. The minimum Gasteiger partial charge on any atom is -0.350 e. The second-order valence-corrected chi connectivity index (χ2v) is 7.26. The van der Waals surface area contributed by atoms with Crippen LogP contribution in [0.5, 0.6) is 0 Å². The maximum Gasteiger partial charge on any atom is 0.320 e. The molecule has 0 atom stereocenters. The van der Waals surface area contributed by atoms with Crippen molar-refractivity contribution in [3.63, 3.8) is 0 Å². The van der Waals surface area contributed by atoms with Crippen LogP contribution >= 0.6 is 0 Å². The SMILES string of the molecule is Cc1ccc(NC(=O)NC2(C(=O)NCc3ccccc3)CCCCC2)cc1. The van der Waals surface area contributed by atoms with Gasteiger partial charge in [-0.3, -0.25) is 4.79 Å². The highest BCUT2D eigenvalue weighted by Gasteiger charge is 2.40. The molecule has 0 aromatic heterocycles. The molecule has 0 saturated heterocycles. The lowest BCUT2D eigenvalue weighted by Crippen LogP contribution is -2.60. The second-order valence-electron chi connectivity index (χ2n) is 7.26. The highest BCUT2D eigenvalue weighted by molar-refractivity contribution is 5.96. The fourth-order valence-electron chi connectivity index (χ4n) is 3.53. The van der Waals surface area contributed by atoms with Gasteiger partial charge in [-0.2, -0.15) is 0 Å². The Bertz CT molecular complexity index is 766. The monoisotopic (exact) mass is 365 g/mol. The van der Waals surface area contributed by atoms with Gasteiger partial charge in [0.2, 0.25) is 5.91 Å². The summed E-state index contributed by atoms with van der Waals surface area (Å²) >= 11 is 0. The topological polar surface area (TPSA) is 70.2 Å². The molecule has 5 heteroatoms. The zero-order chi connectivity index (χ0) is 19.1.